The molecular formula is C28H31BrN4O6S. The van der Waals surface area contributed by atoms with E-state index in [2.05, 4.69) is 21.2 Å². The molecule has 3 rings (SSSR count). The maximum Gasteiger partial charge on any atom is 0.269 e. The molecule has 0 aliphatic heterocycles. The number of rotatable bonds is 12. The van der Waals surface area contributed by atoms with Gasteiger partial charge in [0.2, 0.25) is 11.8 Å². The van der Waals surface area contributed by atoms with Crippen molar-refractivity contribution >= 4 is 49.1 Å². The summed E-state index contributed by atoms with van der Waals surface area (Å²) in [5.41, 5.74) is 0.583. The van der Waals surface area contributed by atoms with Crippen molar-refractivity contribution in [2.75, 3.05) is 10.8 Å². The molecule has 3 aromatic rings. The van der Waals surface area contributed by atoms with E-state index in [-0.39, 0.29) is 34.8 Å². The Morgan fingerprint density at radius 3 is 2.23 bits per heavy atom. The molecule has 0 aliphatic rings. The Kier molecular flexibility index (Phi) is 10.4. The lowest BCUT2D eigenvalue weighted by Crippen LogP contribution is -2.52. The number of halogens is 1. The molecule has 3 aromatic carbocycles. The van der Waals surface area contributed by atoms with Crippen LogP contribution in [0.2, 0.25) is 0 Å². The Hall–Kier alpha value is -3.77. The summed E-state index contributed by atoms with van der Waals surface area (Å²) in [5, 5.41) is 14.1. The quantitative estimate of drug-likeness (QED) is 0.224. The first-order chi connectivity index (χ1) is 18.9. The van der Waals surface area contributed by atoms with Gasteiger partial charge in [0, 0.05) is 29.2 Å². The van der Waals surface area contributed by atoms with E-state index in [1.165, 1.54) is 41.3 Å². The molecule has 0 spiro atoms. The van der Waals surface area contributed by atoms with Crippen LogP contribution in [0, 0.1) is 10.1 Å². The maximum atomic E-state index is 13.9. The molecule has 0 aromatic heterocycles. The average Bonchev–Trinajstić information content (AvgIpc) is 2.94. The summed E-state index contributed by atoms with van der Waals surface area (Å²) in [7, 11) is -4.26. The minimum absolute atomic E-state index is 0.0485. The molecule has 0 fully saturated rings. The van der Waals surface area contributed by atoms with E-state index in [9.17, 15) is 28.1 Å². The van der Waals surface area contributed by atoms with Crippen LogP contribution < -0.4 is 9.62 Å². The third-order valence-corrected chi connectivity index (χ3v) is 8.65. The van der Waals surface area contributed by atoms with Crippen molar-refractivity contribution in [2.24, 2.45) is 0 Å². The van der Waals surface area contributed by atoms with Gasteiger partial charge in [-0.05, 0) is 62.2 Å². The third kappa shape index (κ3) is 7.66. The molecule has 10 nitrogen and oxygen atoms in total. The molecule has 0 radical (unpaired) electrons. The summed E-state index contributed by atoms with van der Waals surface area (Å²) in [6.45, 7) is 4.79. The zero-order chi connectivity index (χ0) is 29.4. The maximum absolute atomic E-state index is 13.9. The third-order valence-electron chi connectivity index (χ3n) is 6.37. The second-order valence-electron chi connectivity index (χ2n) is 9.24. The first kappa shape index (κ1) is 30.8. The van der Waals surface area contributed by atoms with E-state index >= 15 is 0 Å². The van der Waals surface area contributed by atoms with Crippen LogP contribution in [-0.4, -0.2) is 48.7 Å². The summed E-state index contributed by atoms with van der Waals surface area (Å²) in [6, 6.07) is 18.7. The number of carbonyl (C=O) groups excluding carboxylic acids is 2. The highest BCUT2D eigenvalue weighted by atomic mass is 79.9. The molecule has 2 atom stereocenters. The average molecular weight is 632 g/mol. The van der Waals surface area contributed by atoms with Crippen molar-refractivity contribution in [1.82, 2.24) is 10.2 Å². The fraction of sp³-hybridized carbons (Fsp3) is 0.286. The van der Waals surface area contributed by atoms with E-state index in [0.29, 0.717) is 6.42 Å². The molecule has 0 aliphatic carbocycles. The predicted molar refractivity (Wildman–Crippen MR) is 156 cm³/mol. The Labute approximate surface area is 242 Å². The number of hydrogen-bond acceptors (Lipinski definition) is 6. The number of non-ortho nitro benzene ring substituents is 1. The first-order valence-corrected chi connectivity index (χ1v) is 14.8. The van der Waals surface area contributed by atoms with Gasteiger partial charge in [-0.2, -0.15) is 0 Å². The highest BCUT2D eigenvalue weighted by Gasteiger charge is 2.33. The fourth-order valence-corrected chi connectivity index (χ4v) is 5.75. The predicted octanol–water partition coefficient (Wildman–Crippen LogP) is 4.88. The van der Waals surface area contributed by atoms with Crippen molar-refractivity contribution < 1.29 is 22.9 Å². The van der Waals surface area contributed by atoms with Crippen LogP contribution in [0.15, 0.2) is 88.2 Å². The first-order valence-electron chi connectivity index (χ1n) is 12.6. The second kappa shape index (κ2) is 13.5. The molecule has 2 amide bonds. The number of nitro benzene ring substituents is 1. The van der Waals surface area contributed by atoms with Gasteiger partial charge in [-0.25, -0.2) is 8.42 Å². The van der Waals surface area contributed by atoms with Crippen LogP contribution >= 0.6 is 15.9 Å². The van der Waals surface area contributed by atoms with E-state index in [1.807, 2.05) is 26.0 Å². The van der Waals surface area contributed by atoms with Gasteiger partial charge in [0.15, 0.2) is 0 Å². The number of nitrogens with zero attached hydrogens (tertiary/aromatic N) is 3. The van der Waals surface area contributed by atoms with E-state index in [4.69, 9.17) is 0 Å². The molecule has 12 heteroatoms. The van der Waals surface area contributed by atoms with Gasteiger partial charge in [0.1, 0.15) is 12.6 Å². The molecular weight excluding hydrogens is 600 g/mol. The van der Waals surface area contributed by atoms with Crippen molar-refractivity contribution in [3.8, 4) is 0 Å². The number of hydrogen-bond donors (Lipinski definition) is 1. The zero-order valence-electron chi connectivity index (χ0n) is 22.4. The monoisotopic (exact) mass is 630 g/mol. The topological polar surface area (TPSA) is 130 Å². The number of carbonyl (C=O) groups is 2. The lowest BCUT2D eigenvalue weighted by molar-refractivity contribution is -0.384. The molecule has 212 valence electrons. The fourth-order valence-electron chi connectivity index (χ4n) is 3.87. The standard InChI is InChI=1S/C28H31BrN4O6S/c1-4-20(2)30-28(35)21(3)31(18-22-9-8-10-23(29)17-22)27(34)19-32(24-13-15-25(16-14-24)33(36)37)40(38,39)26-11-6-5-7-12-26/h5-17,20-21H,4,18-19H2,1-3H3,(H,30,35)/t20-,21-/m0/s1. The highest BCUT2D eigenvalue weighted by Crippen LogP contribution is 2.26. The number of nitro groups is 1. The minimum atomic E-state index is -4.26. The summed E-state index contributed by atoms with van der Waals surface area (Å²) >= 11 is 3.42. The lowest BCUT2D eigenvalue weighted by Gasteiger charge is -2.32. The van der Waals surface area contributed by atoms with Crippen LogP contribution in [0.4, 0.5) is 11.4 Å². The van der Waals surface area contributed by atoms with Crippen LogP contribution in [0.5, 0.6) is 0 Å². The smallest absolute Gasteiger partial charge is 0.269 e. The Morgan fingerprint density at radius 2 is 1.65 bits per heavy atom. The molecule has 0 heterocycles. The van der Waals surface area contributed by atoms with Crippen LogP contribution in [0.3, 0.4) is 0 Å². The molecule has 40 heavy (non-hydrogen) atoms. The van der Waals surface area contributed by atoms with Gasteiger partial charge in [-0.15, -0.1) is 0 Å². The molecule has 0 saturated heterocycles. The number of sulfonamides is 1. The van der Waals surface area contributed by atoms with Crippen molar-refractivity contribution in [1.29, 1.82) is 0 Å². The van der Waals surface area contributed by atoms with E-state index < -0.39 is 33.4 Å². The Morgan fingerprint density at radius 1 is 1.00 bits per heavy atom. The summed E-state index contributed by atoms with van der Waals surface area (Å²) in [5.74, 6) is -0.991. The number of benzene rings is 3. The zero-order valence-corrected chi connectivity index (χ0v) is 24.8. The Balaban J connectivity index is 2.03. The van der Waals surface area contributed by atoms with Crippen molar-refractivity contribution in [3.63, 3.8) is 0 Å². The van der Waals surface area contributed by atoms with Gasteiger partial charge in [-0.1, -0.05) is 53.2 Å². The summed E-state index contributed by atoms with van der Waals surface area (Å²) in [6.07, 6.45) is 0.696. The summed E-state index contributed by atoms with van der Waals surface area (Å²) in [4.78, 5) is 38.8. The normalized spacial score (nSPS) is 12.7. The van der Waals surface area contributed by atoms with E-state index in [1.54, 1.807) is 37.3 Å². The number of anilines is 1. The largest absolute Gasteiger partial charge is 0.352 e. The SMILES string of the molecule is CC[C@H](C)NC(=O)[C@H](C)N(Cc1cccc(Br)c1)C(=O)CN(c1ccc([N+](=O)[O-])cc1)S(=O)(=O)c1ccccc1. The summed E-state index contributed by atoms with van der Waals surface area (Å²) < 4.78 is 29.2. The number of nitrogens with one attached hydrogen (secondary N) is 1. The molecule has 1 N–H and O–H groups in total. The van der Waals surface area contributed by atoms with Crippen molar-refractivity contribution in [2.45, 2.75) is 50.7 Å². The van der Waals surface area contributed by atoms with Gasteiger partial charge in [-0.3, -0.25) is 24.0 Å². The molecule has 0 saturated carbocycles. The molecule has 0 unspecified atom stereocenters. The molecule has 0 bridgehead atoms. The Bertz CT molecular complexity index is 1450. The van der Waals surface area contributed by atoms with Gasteiger partial charge < -0.3 is 10.2 Å². The van der Waals surface area contributed by atoms with Crippen LogP contribution in [-0.2, 0) is 26.2 Å². The van der Waals surface area contributed by atoms with Crippen LogP contribution in [0.1, 0.15) is 32.8 Å². The van der Waals surface area contributed by atoms with E-state index in [0.717, 1.165) is 14.3 Å². The van der Waals surface area contributed by atoms with Crippen molar-refractivity contribution in [3.05, 3.63) is 99.0 Å². The van der Waals surface area contributed by atoms with Gasteiger partial charge in [0.25, 0.3) is 15.7 Å². The van der Waals surface area contributed by atoms with Gasteiger partial charge in [0.05, 0.1) is 15.5 Å². The lowest BCUT2D eigenvalue weighted by atomic mass is 10.1. The second-order valence-corrected chi connectivity index (χ2v) is 12.0. The highest BCUT2D eigenvalue weighted by molar-refractivity contribution is 9.10. The van der Waals surface area contributed by atoms with Crippen LogP contribution in [0.25, 0.3) is 0 Å². The van der Waals surface area contributed by atoms with Gasteiger partial charge >= 0.3 is 0 Å². The number of amides is 2. The minimum Gasteiger partial charge on any atom is -0.352 e.